The SMILES string of the molecule is CC(C)(C)CN1CCN(C(=O)c2cccc(Br)c2)CC1. The van der Waals surface area contributed by atoms with Crippen LogP contribution in [0.15, 0.2) is 28.7 Å². The van der Waals surface area contributed by atoms with Gasteiger partial charge in [-0.2, -0.15) is 0 Å². The summed E-state index contributed by atoms with van der Waals surface area (Å²) in [5, 5.41) is 0. The van der Waals surface area contributed by atoms with Crippen LogP contribution in [0.2, 0.25) is 0 Å². The van der Waals surface area contributed by atoms with Crippen LogP contribution in [-0.2, 0) is 0 Å². The first-order valence-electron chi connectivity index (χ1n) is 7.12. The second-order valence-corrected chi connectivity index (χ2v) is 7.56. The Balaban J connectivity index is 1.92. The Hall–Kier alpha value is -0.870. The van der Waals surface area contributed by atoms with Gasteiger partial charge in [0.25, 0.3) is 5.91 Å². The second-order valence-electron chi connectivity index (χ2n) is 6.64. The monoisotopic (exact) mass is 338 g/mol. The summed E-state index contributed by atoms with van der Waals surface area (Å²) in [5.41, 5.74) is 1.08. The van der Waals surface area contributed by atoms with E-state index in [0.717, 1.165) is 42.8 Å². The van der Waals surface area contributed by atoms with Gasteiger partial charge in [-0.1, -0.05) is 42.8 Å². The number of hydrogen-bond acceptors (Lipinski definition) is 2. The fourth-order valence-corrected chi connectivity index (χ4v) is 2.98. The number of carbonyl (C=O) groups is 1. The number of nitrogens with zero attached hydrogens (tertiary/aromatic N) is 2. The molecular weight excluding hydrogens is 316 g/mol. The Bertz CT molecular complexity index is 474. The van der Waals surface area contributed by atoms with Crippen LogP contribution in [0, 0.1) is 5.41 Å². The molecule has 1 aliphatic rings. The first-order chi connectivity index (χ1) is 9.35. The molecule has 1 aliphatic heterocycles. The van der Waals surface area contributed by atoms with Crippen molar-refractivity contribution in [3.8, 4) is 0 Å². The Morgan fingerprint density at radius 3 is 2.40 bits per heavy atom. The lowest BCUT2D eigenvalue weighted by Gasteiger charge is -2.37. The quantitative estimate of drug-likeness (QED) is 0.826. The highest BCUT2D eigenvalue weighted by Gasteiger charge is 2.24. The van der Waals surface area contributed by atoms with Gasteiger partial charge in [0.05, 0.1) is 0 Å². The van der Waals surface area contributed by atoms with Gasteiger partial charge < -0.3 is 4.90 Å². The highest BCUT2D eigenvalue weighted by molar-refractivity contribution is 9.10. The third-order valence-corrected chi connectivity index (χ3v) is 3.92. The van der Waals surface area contributed by atoms with Gasteiger partial charge in [0.15, 0.2) is 0 Å². The summed E-state index contributed by atoms with van der Waals surface area (Å²) in [7, 11) is 0. The van der Waals surface area contributed by atoms with Crippen LogP contribution in [0.4, 0.5) is 0 Å². The van der Waals surface area contributed by atoms with Crippen LogP contribution in [-0.4, -0.2) is 48.4 Å². The van der Waals surface area contributed by atoms with Crippen molar-refractivity contribution in [1.29, 1.82) is 0 Å². The summed E-state index contributed by atoms with van der Waals surface area (Å²) < 4.78 is 0.953. The normalized spacial score (nSPS) is 17.3. The summed E-state index contributed by atoms with van der Waals surface area (Å²) >= 11 is 3.42. The van der Waals surface area contributed by atoms with Crippen LogP contribution in [0.5, 0.6) is 0 Å². The molecule has 0 spiro atoms. The van der Waals surface area contributed by atoms with E-state index in [0.29, 0.717) is 5.41 Å². The van der Waals surface area contributed by atoms with Crippen LogP contribution < -0.4 is 0 Å². The molecule has 1 heterocycles. The fourth-order valence-electron chi connectivity index (χ4n) is 2.58. The van der Waals surface area contributed by atoms with Gasteiger partial charge in [-0.25, -0.2) is 0 Å². The Labute approximate surface area is 130 Å². The van der Waals surface area contributed by atoms with Gasteiger partial charge in [-0.15, -0.1) is 0 Å². The molecule has 1 aromatic rings. The van der Waals surface area contributed by atoms with E-state index < -0.39 is 0 Å². The molecule has 0 unspecified atom stereocenters. The molecule has 0 saturated carbocycles. The maximum Gasteiger partial charge on any atom is 0.253 e. The lowest BCUT2D eigenvalue weighted by molar-refractivity contribution is 0.0592. The summed E-state index contributed by atoms with van der Waals surface area (Å²) in [6, 6.07) is 7.63. The molecule has 0 aromatic heterocycles. The van der Waals surface area contributed by atoms with Crippen LogP contribution in [0.25, 0.3) is 0 Å². The summed E-state index contributed by atoms with van der Waals surface area (Å²) in [4.78, 5) is 16.8. The highest BCUT2D eigenvalue weighted by Crippen LogP contribution is 2.18. The molecule has 0 N–H and O–H groups in total. The van der Waals surface area contributed by atoms with Gasteiger partial charge in [-0.3, -0.25) is 9.69 Å². The molecule has 0 bridgehead atoms. The van der Waals surface area contributed by atoms with Crippen molar-refractivity contribution in [3.63, 3.8) is 0 Å². The zero-order chi connectivity index (χ0) is 14.8. The minimum Gasteiger partial charge on any atom is -0.336 e. The predicted molar refractivity (Wildman–Crippen MR) is 85.9 cm³/mol. The molecule has 3 nitrogen and oxygen atoms in total. The molecular formula is C16H23BrN2O. The Morgan fingerprint density at radius 1 is 1.20 bits per heavy atom. The van der Waals surface area contributed by atoms with Crippen molar-refractivity contribution in [1.82, 2.24) is 9.80 Å². The fraction of sp³-hybridized carbons (Fsp3) is 0.562. The van der Waals surface area contributed by atoms with Crippen LogP contribution in [0.1, 0.15) is 31.1 Å². The molecule has 1 aromatic carbocycles. The van der Waals surface area contributed by atoms with Gasteiger partial charge in [0.2, 0.25) is 0 Å². The highest BCUT2D eigenvalue weighted by atomic mass is 79.9. The van der Waals surface area contributed by atoms with Crippen molar-refractivity contribution < 1.29 is 4.79 Å². The molecule has 0 aliphatic carbocycles. The maximum atomic E-state index is 12.4. The first-order valence-corrected chi connectivity index (χ1v) is 7.92. The molecule has 1 fully saturated rings. The standard InChI is InChI=1S/C16H23BrN2O/c1-16(2,3)12-18-7-9-19(10-8-18)15(20)13-5-4-6-14(17)11-13/h4-6,11H,7-10,12H2,1-3H3. The molecule has 20 heavy (non-hydrogen) atoms. The number of benzene rings is 1. The van der Waals surface area contributed by atoms with Crippen molar-refractivity contribution >= 4 is 21.8 Å². The van der Waals surface area contributed by atoms with Crippen LogP contribution in [0.3, 0.4) is 0 Å². The first kappa shape index (κ1) is 15.5. The van der Waals surface area contributed by atoms with Gasteiger partial charge in [-0.05, 0) is 23.6 Å². The number of rotatable bonds is 2. The minimum atomic E-state index is 0.140. The molecule has 0 atom stereocenters. The number of halogens is 1. The zero-order valence-electron chi connectivity index (χ0n) is 12.5. The van der Waals surface area contributed by atoms with Gasteiger partial charge in [0, 0.05) is 42.8 Å². The number of carbonyl (C=O) groups excluding carboxylic acids is 1. The van der Waals surface area contributed by atoms with E-state index in [2.05, 4.69) is 41.6 Å². The van der Waals surface area contributed by atoms with E-state index in [9.17, 15) is 4.79 Å². The molecule has 110 valence electrons. The Morgan fingerprint density at radius 2 is 1.85 bits per heavy atom. The third kappa shape index (κ3) is 4.32. The van der Waals surface area contributed by atoms with Gasteiger partial charge >= 0.3 is 0 Å². The summed E-state index contributed by atoms with van der Waals surface area (Å²) in [6.07, 6.45) is 0. The van der Waals surface area contributed by atoms with Crippen molar-refractivity contribution in [2.75, 3.05) is 32.7 Å². The lowest BCUT2D eigenvalue weighted by atomic mass is 9.96. The number of amides is 1. The van der Waals surface area contributed by atoms with Crippen molar-refractivity contribution in [2.45, 2.75) is 20.8 Å². The van der Waals surface area contributed by atoms with Crippen LogP contribution >= 0.6 is 15.9 Å². The van der Waals surface area contributed by atoms with E-state index in [1.807, 2.05) is 29.2 Å². The maximum absolute atomic E-state index is 12.4. The van der Waals surface area contributed by atoms with E-state index >= 15 is 0 Å². The van der Waals surface area contributed by atoms with E-state index in [1.54, 1.807) is 0 Å². The number of hydrogen-bond donors (Lipinski definition) is 0. The molecule has 1 saturated heterocycles. The van der Waals surface area contributed by atoms with Gasteiger partial charge in [0.1, 0.15) is 0 Å². The molecule has 1 amide bonds. The smallest absolute Gasteiger partial charge is 0.253 e. The molecule has 2 rings (SSSR count). The number of piperazine rings is 1. The van der Waals surface area contributed by atoms with E-state index in [4.69, 9.17) is 0 Å². The van der Waals surface area contributed by atoms with Crippen molar-refractivity contribution in [2.24, 2.45) is 5.41 Å². The average Bonchev–Trinajstić information content (AvgIpc) is 2.37. The second kappa shape index (κ2) is 6.27. The minimum absolute atomic E-state index is 0.140. The van der Waals surface area contributed by atoms with E-state index in [1.165, 1.54) is 0 Å². The molecule has 4 heteroatoms. The average molecular weight is 339 g/mol. The molecule has 0 radical (unpaired) electrons. The zero-order valence-corrected chi connectivity index (χ0v) is 14.1. The topological polar surface area (TPSA) is 23.6 Å². The third-order valence-electron chi connectivity index (χ3n) is 3.43. The predicted octanol–water partition coefficient (Wildman–Crippen LogP) is 3.25. The summed E-state index contributed by atoms with van der Waals surface area (Å²) in [5.74, 6) is 0.140. The summed E-state index contributed by atoms with van der Waals surface area (Å²) in [6.45, 7) is 11.4. The largest absolute Gasteiger partial charge is 0.336 e. The van der Waals surface area contributed by atoms with Crippen molar-refractivity contribution in [3.05, 3.63) is 34.3 Å². The lowest BCUT2D eigenvalue weighted by Crippen LogP contribution is -2.50. The van der Waals surface area contributed by atoms with E-state index in [-0.39, 0.29) is 5.91 Å². The Kier molecular flexibility index (Phi) is 4.86.